The quantitative estimate of drug-likeness (QED) is 0.247. The third-order valence-electron chi connectivity index (χ3n) is 4.86. The Morgan fingerprint density at radius 2 is 1.41 bits per heavy atom. The molecule has 0 radical (unpaired) electrons. The molecule has 0 amide bonds. The van der Waals surface area contributed by atoms with Crippen molar-refractivity contribution < 1.29 is 4.43 Å². The molecule has 1 unspecified atom stereocenters. The molecule has 0 aromatic heterocycles. The topological polar surface area (TPSA) is 9.23 Å². The molecule has 0 saturated carbocycles. The van der Waals surface area contributed by atoms with Crippen LogP contribution in [0, 0.1) is 5.92 Å². The van der Waals surface area contributed by atoms with E-state index >= 15 is 0 Å². The van der Waals surface area contributed by atoms with Gasteiger partial charge in [0, 0.05) is 11.0 Å². The van der Waals surface area contributed by atoms with Crippen molar-refractivity contribution in [3.05, 3.63) is 35.9 Å². The average Bonchev–Trinajstić information content (AvgIpc) is 2.46. The minimum absolute atomic E-state index is 0.617. The lowest BCUT2D eigenvalue weighted by Crippen LogP contribution is -2.48. The Balaban J connectivity index is 2.77. The Hall–Kier alpha value is 0.127. The van der Waals surface area contributed by atoms with Crippen LogP contribution >= 0.6 is 22.6 Å². The zero-order valence-corrected chi connectivity index (χ0v) is 18.3. The molecular formula is C19H33IOSi. The van der Waals surface area contributed by atoms with E-state index in [0.29, 0.717) is 22.5 Å². The van der Waals surface area contributed by atoms with Gasteiger partial charge >= 0.3 is 0 Å². The molecule has 0 bridgehead atoms. The minimum atomic E-state index is -1.73. The van der Waals surface area contributed by atoms with E-state index in [-0.39, 0.29) is 0 Å². The van der Waals surface area contributed by atoms with E-state index in [0.717, 1.165) is 17.5 Å². The van der Waals surface area contributed by atoms with E-state index in [1.807, 2.05) is 0 Å². The maximum Gasteiger partial charge on any atom is 0.200 e. The van der Waals surface area contributed by atoms with Gasteiger partial charge in [0.25, 0.3) is 0 Å². The molecule has 0 aliphatic heterocycles. The highest BCUT2D eigenvalue weighted by atomic mass is 127. The van der Waals surface area contributed by atoms with Crippen molar-refractivity contribution in [2.24, 2.45) is 5.92 Å². The standard InChI is InChI=1S/C19H33IOSi/c1-15(2)22(16(3)4,17(5)6)21-14-19(13-20)12-18-10-8-7-9-11-18/h7-11,15-17,19H,12-14H2,1-6H3. The van der Waals surface area contributed by atoms with Crippen LogP contribution in [0.15, 0.2) is 30.3 Å². The van der Waals surface area contributed by atoms with Gasteiger partial charge in [0.15, 0.2) is 8.32 Å². The average molecular weight is 432 g/mol. The number of hydrogen-bond donors (Lipinski definition) is 0. The highest BCUT2D eigenvalue weighted by Gasteiger charge is 2.45. The van der Waals surface area contributed by atoms with E-state index in [1.54, 1.807) is 0 Å². The Morgan fingerprint density at radius 1 is 0.909 bits per heavy atom. The van der Waals surface area contributed by atoms with Gasteiger partial charge in [-0.2, -0.15) is 0 Å². The zero-order valence-electron chi connectivity index (χ0n) is 15.1. The summed E-state index contributed by atoms with van der Waals surface area (Å²) < 4.78 is 7.93. The van der Waals surface area contributed by atoms with E-state index in [2.05, 4.69) is 94.5 Å². The lowest BCUT2D eigenvalue weighted by atomic mass is 10.0. The molecule has 0 fully saturated rings. The summed E-state index contributed by atoms with van der Waals surface area (Å²) in [6.45, 7) is 15.1. The van der Waals surface area contributed by atoms with Gasteiger partial charge in [-0.15, -0.1) is 0 Å². The molecule has 1 aromatic rings. The van der Waals surface area contributed by atoms with E-state index in [1.165, 1.54) is 5.56 Å². The third-order valence-corrected chi connectivity index (χ3v) is 12.2. The van der Waals surface area contributed by atoms with Gasteiger partial charge in [-0.25, -0.2) is 0 Å². The molecule has 0 N–H and O–H groups in total. The lowest BCUT2D eigenvalue weighted by Gasteiger charge is -2.43. The van der Waals surface area contributed by atoms with Crippen molar-refractivity contribution in [3.63, 3.8) is 0 Å². The van der Waals surface area contributed by atoms with Crippen LogP contribution in [-0.2, 0) is 10.8 Å². The molecule has 0 heterocycles. The molecule has 0 aliphatic rings. The van der Waals surface area contributed by atoms with Crippen molar-refractivity contribution >= 4 is 30.9 Å². The zero-order chi connectivity index (χ0) is 16.8. The Labute approximate surface area is 152 Å². The predicted octanol–water partition coefficient (Wildman–Crippen LogP) is 6.47. The van der Waals surface area contributed by atoms with Gasteiger partial charge in [0.2, 0.25) is 0 Å². The van der Waals surface area contributed by atoms with Crippen molar-refractivity contribution in [1.82, 2.24) is 0 Å². The summed E-state index contributed by atoms with van der Waals surface area (Å²) in [7, 11) is -1.73. The van der Waals surface area contributed by atoms with Crippen molar-refractivity contribution in [3.8, 4) is 0 Å². The molecule has 1 aromatic carbocycles. The largest absolute Gasteiger partial charge is 0.416 e. The second-order valence-electron chi connectivity index (χ2n) is 7.34. The minimum Gasteiger partial charge on any atom is -0.416 e. The second kappa shape index (κ2) is 9.43. The maximum atomic E-state index is 6.77. The molecule has 0 saturated heterocycles. The first-order valence-electron chi connectivity index (χ1n) is 8.58. The summed E-state index contributed by atoms with van der Waals surface area (Å²) in [5.74, 6) is 0.617. The fourth-order valence-corrected chi connectivity index (χ4v) is 9.96. The van der Waals surface area contributed by atoms with Crippen LogP contribution in [0.5, 0.6) is 0 Å². The molecule has 1 atom stereocenters. The van der Waals surface area contributed by atoms with Crippen molar-refractivity contribution in [2.75, 3.05) is 11.0 Å². The van der Waals surface area contributed by atoms with Crippen LogP contribution in [0.4, 0.5) is 0 Å². The van der Waals surface area contributed by atoms with Crippen LogP contribution in [-0.4, -0.2) is 19.4 Å². The number of halogens is 1. The van der Waals surface area contributed by atoms with Crippen LogP contribution in [0.3, 0.4) is 0 Å². The van der Waals surface area contributed by atoms with Crippen LogP contribution in [0.1, 0.15) is 47.1 Å². The molecule has 22 heavy (non-hydrogen) atoms. The molecule has 3 heteroatoms. The van der Waals surface area contributed by atoms with Gasteiger partial charge < -0.3 is 4.43 Å². The summed E-state index contributed by atoms with van der Waals surface area (Å²) in [6.07, 6.45) is 1.13. The number of rotatable bonds is 9. The number of hydrogen-bond acceptors (Lipinski definition) is 1. The maximum absolute atomic E-state index is 6.77. The molecule has 1 nitrogen and oxygen atoms in total. The molecule has 0 spiro atoms. The van der Waals surface area contributed by atoms with E-state index in [9.17, 15) is 0 Å². The Bertz CT molecular complexity index is 395. The third kappa shape index (κ3) is 5.07. The highest BCUT2D eigenvalue weighted by Crippen LogP contribution is 2.42. The van der Waals surface area contributed by atoms with Crippen LogP contribution in [0.25, 0.3) is 0 Å². The first kappa shape index (κ1) is 20.2. The molecular weight excluding hydrogens is 399 g/mol. The summed E-state index contributed by atoms with van der Waals surface area (Å²) in [5, 5.41) is 0. The molecule has 126 valence electrons. The SMILES string of the molecule is CC(C)[Si](OCC(CI)Cc1ccccc1)(C(C)C)C(C)C. The number of benzene rings is 1. The van der Waals surface area contributed by atoms with Gasteiger partial charge in [-0.3, -0.25) is 0 Å². The first-order chi connectivity index (χ1) is 10.3. The highest BCUT2D eigenvalue weighted by molar-refractivity contribution is 14.1. The molecule has 1 rings (SSSR count). The Morgan fingerprint density at radius 3 is 1.82 bits per heavy atom. The van der Waals surface area contributed by atoms with Crippen molar-refractivity contribution in [1.29, 1.82) is 0 Å². The smallest absolute Gasteiger partial charge is 0.200 e. The fourth-order valence-electron chi connectivity index (χ4n) is 3.87. The molecule has 0 aliphatic carbocycles. The summed E-state index contributed by atoms with van der Waals surface area (Å²) in [4.78, 5) is 0. The first-order valence-corrected chi connectivity index (χ1v) is 12.2. The predicted molar refractivity (Wildman–Crippen MR) is 110 cm³/mol. The second-order valence-corrected chi connectivity index (χ2v) is 13.7. The summed E-state index contributed by atoms with van der Waals surface area (Å²) in [5.41, 5.74) is 3.43. The van der Waals surface area contributed by atoms with Crippen LogP contribution < -0.4 is 0 Å². The van der Waals surface area contributed by atoms with Gasteiger partial charge in [0.1, 0.15) is 0 Å². The number of alkyl halides is 1. The normalized spacial score (nSPS) is 14.1. The van der Waals surface area contributed by atoms with Gasteiger partial charge in [-0.1, -0.05) is 94.5 Å². The fraction of sp³-hybridized carbons (Fsp3) is 0.684. The lowest BCUT2D eigenvalue weighted by molar-refractivity contribution is 0.232. The summed E-state index contributed by atoms with van der Waals surface area (Å²) in [6, 6.07) is 10.8. The van der Waals surface area contributed by atoms with Gasteiger partial charge in [0.05, 0.1) is 0 Å². The monoisotopic (exact) mass is 432 g/mol. The van der Waals surface area contributed by atoms with E-state index in [4.69, 9.17) is 4.43 Å². The van der Waals surface area contributed by atoms with Crippen LogP contribution in [0.2, 0.25) is 16.6 Å². The summed E-state index contributed by atoms with van der Waals surface area (Å²) >= 11 is 2.52. The van der Waals surface area contributed by atoms with Gasteiger partial charge in [-0.05, 0) is 34.5 Å². The van der Waals surface area contributed by atoms with E-state index < -0.39 is 8.32 Å². The Kier molecular flexibility index (Phi) is 8.65. The van der Waals surface area contributed by atoms with Crippen molar-refractivity contribution in [2.45, 2.75) is 64.6 Å².